The van der Waals surface area contributed by atoms with Gasteiger partial charge in [-0.1, -0.05) is 135 Å². The Morgan fingerprint density at radius 2 is 1.38 bits per heavy atom. The van der Waals surface area contributed by atoms with Crippen molar-refractivity contribution in [2.24, 2.45) is 5.73 Å². The summed E-state index contributed by atoms with van der Waals surface area (Å²) in [5, 5.41) is 10.8. The largest absolute Gasteiger partial charge is 0.455 e. The van der Waals surface area contributed by atoms with Crippen LogP contribution in [-0.4, -0.2) is 0 Å². The van der Waals surface area contributed by atoms with Crippen molar-refractivity contribution in [1.82, 2.24) is 5.32 Å². The fourth-order valence-corrected chi connectivity index (χ4v) is 7.77. The third kappa shape index (κ3) is 4.58. The van der Waals surface area contributed by atoms with E-state index in [4.69, 9.17) is 10.2 Å². The molecule has 0 bridgehead atoms. The van der Waals surface area contributed by atoms with E-state index in [1.54, 1.807) is 0 Å². The van der Waals surface area contributed by atoms with E-state index in [1.807, 2.05) is 18.2 Å². The first-order chi connectivity index (χ1) is 23.5. The fraction of sp³-hybridized carbons (Fsp3) is 0.111. The third-order valence-corrected chi connectivity index (χ3v) is 10.3. The summed E-state index contributed by atoms with van der Waals surface area (Å²) >= 11 is 0. The molecule has 0 aliphatic heterocycles. The molecule has 1 aromatic heterocycles. The average molecular weight is 621 g/mol. The van der Waals surface area contributed by atoms with Crippen LogP contribution in [0.1, 0.15) is 53.9 Å². The lowest BCUT2D eigenvalue weighted by Crippen LogP contribution is -2.31. The average Bonchev–Trinajstić information content (AvgIpc) is 3.61. The molecule has 0 fully saturated rings. The molecule has 0 amide bonds. The van der Waals surface area contributed by atoms with Crippen molar-refractivity contribution in [3.63, 3.8) is 0 Å². The molecular weight excluding hydrogens is 585 g/mol. The van der Waals surface area contributed by atoms with Gasteiger partial charge in [-0.05, 0) is 85.4 Å². The third-order valence-electron chi connectivity index (χ3n) is 10.3. The lowest BCUT2D eigenvalue weighted by molar-refractivity contribution is 0.509. The topological polar surface area (TPSA) is 51.2 Å². The molecule has 3 N–H and O–H groups in total. The minimum Gasteiger partial charge on any atom is -0.455 e. The maximum Gasteiger partial charge on any atom is 0.143 e. The van der Waals surface area contributed by atoms with Crippen LogP contribution in [0.3, 0.4) is 0 Å². The van der Waals surface area contributed by atoms with E-state index < -0.39 is 0 Å². The zero-order valence-corrected chi connectivity index (χ0v) is 27.1. The highest BCUT2D eigenvalue weighted by Gasteiger charge is 2.36. The summed E-state index contributed by atoms with van der Waals surface area (Å²) in [5.74, 6) is 0. The second-order valence-corrected chi connectivity index (χ2v) is 13.6. The van der Waals surface area contributed by atoms with Crippen LogP contribution >= 0.6 is 0 Å². The molecule has 3 heteroatoms. The van der Waals surface area contributed by atoms with Gasteiger partial charge in [0.25, 0.3) is 0 Å². The van der Waals surface area contributed by atoms with Crippen molar-refractivity contribution in [3.8, 4) is 11.1 Å². The van der Waals surface area contributed by atoms with Crippen LogP contribution in [0.5, 0.6) is 0 Å². The number of nitrogens with two attached hydrogens (primary N) is 1. The Balaban J connectivity index is 1.17. The highest BCUT2D eigenvalue weighted by molar-refractivity contribution is 6.15. The summed E-state index contributed by atoms with van der Waals surface area (Å²) in [7, 11) is 0. The van der Waals surface area contributed by atoms with E-state index >= 15 is 0 Å². The van der Waals surface area contributed by atoms with Gasteiger partial charge in [0.1, 0.15) is 11.2 Å². The molecule has 9 rings (SSSR count). The van der Waals surface area contributed by atoms with Gasteiger partial charge >= 0.3 is 0 Å². The van der Waals surface area contributed by atoms with Crippen LogP contribution in [0.2, 0.25) is 0 Å². The van der Waals surface area contributed by atoms with Gasteiger partial charge < -0.3 is 10.2 Å². The molecule has 2 unspecified atom stereocenters. The Morgan fingerprint density at radius 1 is 0.625 bits per heavy atom. The SMILES string of the molecule is CC1(C)c2cc3ccccc3cc2-c2c(/C=C/C(NC(N)c3ccccc3)c3ccc4oc5c6ccccc6ccc5c4c3)cccc21. The van der Waals surface area contributed by atoms with Crippen LogP contribution in [0.25, 0.3) is 60.7 Å². The number of hydrogen-bond acceptors (Lipinski definition) is 3. The van der Waals surface area contributed by atoms with E-state index in [9.17, 15) is 0 Å². The number of nitrogens with one attached hydrogen (secondary N) is 1. The van der Waals surface area contributed by atoms with E-state index in [0.717, 1.165) is 38.5 Å². The van der Waals surface area contributed by atoms with Gasteiger partial charge in [0.15, 0.2) is 0 Å². The number of fused-ring (bicyclic) bond motifs is 9. The van der Waals surface area contributed by atoms with E-state index in [1.165, 1.54) is 44.0 Å². The van der Waals surface area contributed by atoms with Crippen molar-refractivity contribution < 1.29 is 4.42 Å². The Labute approximate surface area is 280 Å². The summed E-state index contributed by atoms with van der Waals surface area (Å²) in [6.07, 6.45) is 4.19. The quantitative estimate of drug-likeness (QED) is 0.182. The van der Waals surface area contributed by atoms with Crippen molar-refractivity contribution in [3.05, 3.63) is 173 Å². The summed E-state index contributed by atoms with van der Waals surface area (Å²) in [5.41, 5.74) is 17.3. The molecular formula is C45H36N2O. The standard InChI is InChI=1S/C45H36N2O/c1-45(2)38-18-10-16-29(42(38)37-25-31-14-6-7-15-32(31)27-39(37)45)20-23-40(47-44(46)30-12-4-3-5-13-30)33-21-24-41-36(26-33)35-22-19-28-11-8-9-17-34(28)43(35)48-41/h3-27,40,44,47H,46H2,1-2H3/b23-20+. The maximum absolute atomic E-state index is 6.83. The first-order valence-electron chi connectivity index (χ1n) is 16.7. The molecule has 48 heavy (non-hydrogen) atoms. The number of furan rings is 1. The maximum atomic E-state index is 6.83. The predicted molar refractivity (Wildman–Crippen MR) is 201 cm³/mol. The molecule has 1 heterocycles. The Hall–Kier alpha value is -5.48. The molecule has 0 spiro atoms. The molecule has 0 saturated heterocycles. The Kier molecular flexibility index (Phi) is 6.62. The van der Waals surface area contributed by atoms with Gasteiger partial charge in [0.05, 0.1) is 12.2 Å². The molecule has 0 saturated carbocycles. The second-order valence-electron chi connectivity index (χ2n) is 13.6. The molecule has 1 aliphatic carbocycles. The molecule has 3 nitrogen and oxygen atoms in total. The highest BCUT2D eigenvalue weighted by Crippen LogP contribution is 2.51. The van der Waals surface area contributed by atoms with Gasteiger partial charge in [-0.2, -0.15) is 0 Å². The van der Waals surface area contributed by atoms with Crippen LogP contribution in [0.4, 0.5) is 0 Å². The van der Waals surface area contributed by atoms with Gasteiger partial charge in [-0.25, -0.2) is 0 Å². The van der Waals surface area contributed by atoms with Gasteiger partial charge in [-0.15, -0.1) is 0 Å². The molecule has 1 aliphatic rings. The summed E-state index contributed by atoms with van der Waals surface area (Å²) in [6.45, 7) is 4.69. The first-order valence-corrected chi connectivity index (χ1v) is 16.7. The van der Waals surface area contributed by atoms with Crippen molar-refractivity contribution in [2.75, 3.05) is 0 Å². The minimum absolute atomic E-state index is 0.0938. The van der Waals surface area contributed by atoms with Gasteiger partial charge in [-0.3, -0.25) is 5.32 Å². The summed E-state index contributed by atoms with van der Waals surface area (Å²) in [6, 6.07) is 49.5. The molecule has 0 radical (unpaired) electrons. The lowest BCUT2D eigenvalue weighted by Gasteiger charge is -2.22. The summed E-state index contributed by atoms with van der Waals surface area (Å²) in [4.78, 5) is 0. The smallest absolute Gasteiger partial charge is 0.143 e. The molecule has 232 valence electrons. The second kappa shape index (κ2) is 11.1. The van der Waals surface area contributed by atoms with E-state index in [2.05, 4.69) is 153 Å². The Bertz CT molecular complexity index is 2540. The van der Waals surface area contributed by atoms with Crippen molar-refractivity contribution in [2.45, 2.75) is 31.5 Å². The monoisotopic (exact) mass is 620 g/mol. The zero-order valence-electron chi connectivity index (χ0n) is 27.1. The number of rotatable bonds is 6. The number of benzene rings is 7. The van der Waals surface area contributed by atoms with Crippen LogP contribution in [0, 0.1) is 0 Å². The van der Waals surface area contributed by atoms with Gasteiger partial charge in [0, 0.05) is 21.6 Å². The molecule has 2 atom stereocenters. The van der Waals surface area contributed by atoms with Crippen LogP contribution in [-0.2, 0) is 5.41 Å². The summed E-state index contributed by atoms with van der Waals surface area (Å²) < 4.78 is 6.45. The van der Waals surface area contributed by atoms with E-state index in [-0.39, 0.29) is 17.6 Å². The molecule has 8 aromatic rings. The lowest BCUT2D eigenvalue weighted by atomic mass is 9.81. The Morgan fingerprint density at radius 3 is 2.21 bits per heavy atom. The highest BCUT2D eigenvalue weighted by atomic mass is 16.3. The van der Waals surface area contributed by atoms with Crippen molar-refractivity contribution >= 4 is 49.6 Å². The minimum atomic E-state index is -0.353. The van der Waals surface area contributed by atoms with Crippen LogP contribution in [0.15, 0.2) is 150 Å². The first kappa shape index (κ1) is 28.7. The molecule has 7 aromatic carbocycles. The van der Waals surface area contributed by atoms with Gasteiger partial charge in [0.2, 0.25) is 0 Å². The predicted octanol–water partition coefficient (Wildman–Crippen LogP) is 11.2. The van der Waals surface area contributed by atoms with E-state index in [0.29, 0.717) is 0 Å². The number of hydrogen-bond donors (Lipinski definition) is 2. The van der Waals surface area contributed by atoms with Crippen LogP contribution < -0.4 is 11.1 Å². The van der Waals surface area contributed by atoms with Crippen molar-refractivity contribution in [1.29, 1.82) is 0 Å². The fourth-order valence-electron chi connectivity index (χ4n) is 7.77. The zero-order chi connectivity index (χ0) is 32.4. The normalized spacial score (nSPS) is 15.0.